The molecule has 0 aromatic rings. The average molecular weight is 413 g/mol. The van der Waals surface area contributed by atoms with Crippen LogP contribution in [0.4, 0.5) is 0 Å². The van der Waals surface area contributed by atoms with Crippen LogP contribution in [0, 0.1) is 31.1 Å². The van der Waals surface area contributed by atoms with Gasteiger partial charge in [-0.15, -0.1) is 12.1 Å². The van der Waals surface area contributed by atoms with Crippen molar-refractivity contribution in [3.8, 4) is 0 Å². The van der Waals surface area contributed by atoms with Gasteiger partial charge in [0.2, 0.25) is 0 Å². The second-order valence-electron chi connectivity index (χ2n) is 7.66. The van der Waals surface area contributed by atoms with Gasteiger partial charge < -0.3 is 23.4 Å². The van der Waals surface area contributed by atoms with Crippen LogP contribution in [-0.4, -0.2) is 40.3 Å². The fraction of sp³-hybridized carbons (Fsp3) is 0.950. The summed E-state index contributed by atoms with van der Waals surface area (Å²) < 4.78 is 0. The van der Waals surface area contributed by atoms with Crippen LogP contribution >= 0.6 is 0 Å². The Hall–Kier alpha value is 0.763. The Labute approximate surface area is 171 Å². The third-order valence-electron chi connectivity index (χ3n) is 6.12. The van der Waals surface area contributed by atoms with Gasteiger partial charge in [-0.25, -0.2) is 0 Å². The molecule has 0 aromatic carbocycles. The Morgan fingerprint density at radius 1 is 0.708 bits per heavy atom. The molecular weight excluding hydrogens is 373 g/mol. The third-order valence-corrected chi connectivity index (χ3v) is 6.12. The van der Waals surface area contributed by atoms with Crippen molar-refractivity contribution in [2.24, 2.45) is 23.7 Å². The van der Waals surface area contributed by atoms with Crippen molar-refractivity contribution in [3.05, 3.63) is 23.4 Å². The molecule has 0 N–H and O–H groups in total. The summed E-state index contributed by atoms with van der Waals surface area (Å²) in [6.45, 7) is 0. The summed E-state index contributed by atoms with van der Waals surface area (Å²) in [6.07, 6.45) is 13.5. The van der Waals surface area contributed by atoms with Crippen LogP contribution < -0.4 is 0 Å². The second-order valence-corrected chi connectivity index (χ2v) is 7.66. The topological polar surface area (TPSA) is 42.3 Å². The molecule has 6 atom stereocenters. The Kier molecular flexibility index (Phi) is 13.4. The first-order valence-corrected chi connectivity index (χ1v) is 9.42. The number of hydrogen-bond donors (Lipinski definition) is 0. The number of fused-ring (bicyclic) bond motifs is 5. The largest absolute Gasteiger partial charge is 4.00 e. The first-order valence-electron chi connectivity index (χ1n) is 9.42. The smallest absolute Gasteiger partial charge is 0.668 e. The van der Waals surface area contributed by atoms with E-state index in [9.17, 15) is 0 Å². The van der Waals surface area contributed by atoms with Crippen molar-refractivity contribution in [1.29, 1.82) is 0 Å². The van der Waals surface area contributed by atoms with Crippen LogP contribution in [0.2, 0.25) is 0 Å². The number of rotatable bonds is 0. The molecule has 4 rings (SSSR count). The van der Waals surface area contributed by atoms with E-state index in [1.54, 1.807) is 34.6 Å². The monoisotopic (exact) mass is 411 g/mol. The predicted molar refractivity (Wildman–Crippen MR) is 103 cm³/mol. The zero-order valence-corrected chi connectivity index (χ0v) is 19.1. The molecule has 0 bridgehead atoms. The molecule has 0 aromatic heterocycles. The van der Waals surface area contributed by atoms with Crippen LogP contribution in [0.25, 0.3) is 16.0 Å². The molecule has 0 amide bonds. The van der Waals surface area contributed by atoms with Gasteiger partial charge in [-0.1, -0.05) is 69.1 Å². The van der Waals surface area contributed by atoms with Crippen molar-refractivity contribution in [1.82, 2.24) is 0 Å². The SMILES string of the molecule is C1CCC2C(C1)CC1C3CCCCC3[N-]C21.C[N-]C.C[N-]C.[CH3-].[Zr+4]. The molecule has 6 unspecified atom stereocenters. The van der Waals surface area contributed by atoms with Crippen molar-refractivity contribution >= 4 is 0 Å². The van der Waals surface area contributed by atoms with Crippen molar-refractivity contribution in [2.75, 3.05) is 28.2 Å². The summed E-state index contributed by atoms with van der Waals surface area (Å²) in [4.78, 5) is 0. The fourth-order valence-electron chi connectivity index (χ4n) is 5.48. The molecule has 0 radical (unpaired) electrons. The van der Waals surface area contributed by atoms with E-state index in [-0.39, 0.29) is 33.6 Å². The van der Waals surface area contributed by atoms with Crippen LogP contribution in [-0.2, 0) is 26.2 Å². The van der Waals surface area contributed by atoms with Gasteiger partial charge in [-0.05, 0) is 12.3 Å². The molecule has 0 spiro atoms. The van der Waals surface area contributed by atoms with Gasteiger partial charge in [0.15, 0.2) is 0 Å². The van der Waals surface area contributed by atoms with Crippen LogP contribution in [0.3, 0.4) is 0 Å². The second kappa shape index (κ2) is 13.0. The normalized spacial score (nSPS) is 38.5. The molecule has 4 fully saturated rings. The van der Waals surface area contributed by atoms with Crippen molar-refractivity contribution in [3.63, 3.8) is 0 Å². The van der Waals surface area contributed by atoms with Crippen molar-refractivity contribution < 1.29 is 26.2 Å². The maximum absolute atomic E-state index is 5.26. The molecule has 4 aliphatic rings. The molecule has 1 heterocycles. The van der Waals surface area contributed by atoms with E-state index in [0.717, 1.165) is 35.8 Å². The summed E-state index contributed by atoms with van der Waals surface area (Å²) >= 11 is 0. The fourth-order valence-corrected chi connectivity index (χ4v) is 5.48. The maximum atomic E-state index is 5.26. The Morgan fingerprint density at radius 3 is 1.83 bits per heavy atom. The average Bonchev–Trinajstić information content (AvgIpc) is 3.05. The summed E-state index contributed by atoms with van der Waals surface area (Å²) in [6, 6.07) is 1.62. The van der Waals surface area contributed by atoms with Gasteiger partial charge in [0.1, 0.15) is 0 Å². The molecule has 3 nitrogen and oxygen atoms in total. The Balaban J connectivity index is 0.000000590. The molecule has 24 heavy (non-hydrogen) atoms. The van der Waals surface area contributed by atoms with E-state index < -0.39 is 0 Å². The van der Waals surface area contributed by atoms with Crippen LogP contribution in [0.15, 0.2) is 0 Å². The van der Waals surface area contributed by atoms with Crippen LogP contribution in [0.1, 0.15) is 57.8 Å². The van der Waals surface area contributed by atoms with Gasteiger partial charge in [0.05, 0.1) is 0 Å². The zero-order valence-electron chi connectivity index (χ0n) is 16.7. The van der Waals surface area contributed by atoms with E-state index >= 15 is 0 Å². The van der Waals surface area contributed by atoms with Crippen molar-refractivity contribution in [2.45, 2.75) is 69.9 Å². The molecule has 3 saturated carbocycles. The van der Waals surface area contributed by atoms with Gasteiger partial charge >= 0.3 is 26.2 Å². The molecule has 4 heteroatoms. The minimum atomic E-state index is 0. The van der Waals surface area contributed by atoms with E-state index in [1.165, 1.54) is 51.4 Å². The molecule has 1 aliphatic heterocycles. The summed E-state index contributed by atoms with van der Waals surface area (Å²) in [5.41, 5.74) is 0. The Morgan fingerprint density at radius 2 is 1.21 bits per heavy atom. The van der Waals surface area contributed by atoms with E-state index in [1.807, 2.05) is 0 Å². The van der Waals surface area contributed by atoms with E-state index in [0.29, 0.717) is 0 Å². The van der Waals surface area contributed by atoms with Gasteiger partial charge in [0, 0.05) is 0 Å². The first-order chi connectivity index (χ1) is 10.8. The quantitative estimate of drug-likeness (QED) is 0.450. The first kappa shape index (κ1) is 24.8. The Bertz CT molecular complexity index is 283. The van der Waals surface area contributed by atoms with Crippen LogP contribution in [0.5, 0.6) is 0 Å². The number of hydrogen-bond acceptors (Lipinski definition) is 0. The third kappa shape index (κ3) is 5.90. The number of nitrogens with zero attached hydrogens (tertiary/aromatic N) is 3. The minimum Gasteiger partial charge on any atom is -0.668 e. The predicted octanol–water partition coefficient (Wildman–Crippen LogP) is 5.81. The zero-order chi connectivity index (χ0) is 15.9. The molecular formula is C20H39N3Zr. The molecule has 138 valence electrons. The summed E-state index contributed by atoms with van der Waals surface area (Å²) in [5, 5.41) is 12.3. The van der Waals surface area contributed by atoms with E-state index in [2.05, 4.69) is 10.6 Å². The van der Waals surface area contributed by atoms with Gasteiger partial charge in [-0.3, -0.25) is 0 Å². The molecule has 1 saturated heterocycles. The summed E-state index contributed by atoms with van der Waals surface area (Å²) in [5.74, 6) is 4.14. The molecule has 3 aliphatic carbocycles. The van der Waals surface area contributed by atoms with Gasteiger partial charge in [-0.2, -0.15) is 28.2 Å². The van der Waals surface area contributed by atoms with E-state index in [4.69, 9.17) is 5.32 Å². The maximum Gasteiger partial charge on any atom is 4.00 e. The standard InChI is InChI=1S/C15H24N.2C2H6N.CH3.Zr/c1-2-6-11-10(5-1)9-13-12-7-3-4-8-14(12)16-15(11)13;2*1-3-2;;/h10-15H,1-9H2;2*1-2H3;1H3;/q4*-1;+4. The minimum absolute atomic E-state index is 0. The summed E-state index contributed by atoms with van der Waals surface area (Å²) in [7, 11) is 7.00. The van der Waals surface area contributed by atoms with Gasteiger partial charge in [0.25, 0.3) is 0 Å².